The highest BCUT2D eigenvalue weighted by atomic mass is 79.9. The van der Waals surface area contributed by atoms with Gasteiger partial charge in [-0.1, -0.05) is 27.5 Å². The highest BCUT2D eigenvalue weighted by Crippen LogP contribution is 2.27. The quantitative estimate of drug-likeness (QED) is 0.702. The molecule has 0 saturated heterocycles. The molecule has 1 nitrogen and oxygen atoms in total. The number of aromatic nitrogens is 1. The monoisotopic (exact) mass is 259 g/mol. The van der Waals surface area contributed by atoms with Gasteiger partial charge in [-0.05, 0) is 18.2 Å². The molecule has 0 amide bonds. The first-order valence-electron chi connectivity index (χ1n) is 3.58. The third-order valence-corrected chi connectivity index (χ3v) is 2.62. The van der Waals surface area contributed by atoms with Crippen LogP contribution >= 0.6 is 27.5 Å². The molecule has 1 aromatic carbocycles. The molecule has 13 heavy (non-hydrogen) atoms. The molecule has 0 N–H and O–H groups in total. The van der Waals surface area contributed by atoms with Gasteiger partial charge in [0.1, 0.15) is 5.52 Å². The van der Waals surface area contributed by atoms with Crippen molar-refractivity contribution in [2.45, 2.75) is 0 Å². The van der Waals surface area contributed by atoms with E-state index in [1.54, 1.807) is 18.3 Å². The molecule has 1 aromatic heterocycles. The van der Waals surface area contributed by atoms with Crippen LogP contribution in [0.1, 0.15) is 0 Å². The number of halogens is 3. The summed E-state index contributed by atoms with van der Waals surface area (Å²) in [6.07, 6.45) is 1.55. The summed E-state index contributed by atoms with van der Waals surface area (Å²) in [5.74, 6) is -0.399. The van der Waals surface area contributed by atoms with Crippen molar-refractivity contribution in [1.82, 2.24) is 4.98 Å². The van der Waals surface area contributed by atoms with E-state index in [1.165, 1.54) is 6.07 Å². The first-order chi connectivity index (χ1) is 6.18. The molecule has 0 radical (unpaired) electrons. The lowest BCUT2D eigenvalue weighted by molar-refractivity contribution is 0.637. The van der Waals surface area contributed by atoms with Crippen LogP contribution in [0.4, 0.5) is 4.39 Å². The first-order valence-corrected chi connectivity index (χ1v) is 4.75. The molecule has 0 aliphatic carbocycles. The minimum atomic E-state index is -0.399. The molecule has 1 heterocycles. The van der Waals surface area contributed by atoms with E-state index >= 15 is 0 Å². The van der Waals surface area contributed by atoms with Gasteiger partial charge >= 0.3 is 0 Å². The van der Waals surface area contributed by atoms with Crippen molar-refractivity contribution in [3.8, 4) is 0 Å². The average Bonchev–Trinajstić information content (AvgIpc) is 2.07. The van der Waals surface area contributed by atoms with Crippen LogP contribution in [0.3, 0.4) is 0 Å². The number of pyridine rings is 1. The number of nitrogens with zero attached hydrogens (tertiary/aromatic N) is 1. The Morgan fingerprint density at radius 1 is 1.38 bits per heavy atom. The van der Waals surface area contributed by atoms with Gasteiger partial charge in [0.2, 0.25) is 0 Å². The minimum Gasteiger partial charge on any atom is -0.253 e. The predicted octanol–water partition coefficient (Wildman–Crippen LogP) is 3.79. The van der Waals surface area contributed by atoms with Crippen molar-refractivity contribution >= 4 is 38.4 Å². The summed E-state index contributed by atoms with van der Waals surface area (Å²) in [5, 5.41) is 1.06. The second-order valence-corrected chi connectivity index (χ2v) is 3.87. The molecular formula is C9H4BrClFN. The van der Waals surface area contributed by atoms with E-state index in [0.29, 0.717) is 15.9 Å². The SMILES string of the molecule is Fc1cc(Cl)cc2c(Br)ccnc12. The van der Waals surface area contributed by atoms with Crippen molar-refractivity contribution in [3.05, 3.63) is 39.7 Å². The Morgan fingerprint density at radius 3 is 2.92 bits per heavy atom. The molecule has 0 bridgehead atoms. The van der Waals surface area contributed by atoms with Crippen molar-refractivity contribution in [2.75, 3.05) is 0 Å². The predicted molar refractivity (Wildman–Crippen MR) is 54.4 cm³/mol. The van der Waals surface area contributed by atoms with Gasteiger partial charge in [-0.3, -0.25) is 4.98 Å². The number of hydrogen-bond donors (Lipinski definition) is 0. The summed E-state index contributed by atoms with van der Waals surface area (Å²) in [6.45, 7) is 0. The Morgan fingerprint density at radius 2 is 2.15 bits per heavy atom. The Balaban J connectivity index is 2.94. The van der Waals surface area contributed by atoms with E-state index in [-0.39, 0.29) is 0 Å². The summed E-state index contributed by atoms with van der Waals surface area (Å²) in [4.78, 5) is 3.92. The topological polar surface area (TPSA) is 12.9 Å². The van der Waals surface area contributed by atoms with Crippen molar-refractivity contribution in [3.63, 3.8) is 0 Å². The maximum absolute atomic E-state index is 13.3. The van der Waals surface area contributed by atoms with E-state index in [0.717, 1.165) is 4.47 Å². The molecule has 4 heteroatoms. The van der Waals surface area contributed by atoms with Gasteiger partial charge in [-0.25, -0.2) is 4.39 Å². The van der Waals surface area contributed by atoms with Gasteiger partial charge in [0.15, 0.2) is 5.82 Å². The Labute approximate surface area is 87.7 Å². The molecule has 0 aliphatic heterocycles. The molecule has 2 aromatic rings. The van der Waals surface area contributed by atoms with Gasteiger partial charge in [0.05, 0.1) is 0 Å². The second-order valence-electron chi connectivity index (χ2n) is 2.58. The maximum Gasteiger partial charge on any atom is 0.150 e. The fourth-order valence-electron chi connectivity index (χ4n) is 1.15. The average molecular weight is 260 g/mol. The molecule has 0 aliphatic rings. The molecule has 66 valence electrons. The van der Waals surface area contributed by atoms with Crippen LogP contribution < -0.4 is 0 Å². The molecule has 2 rings (SSSR count). The summed E-state index contributed by atoms with van der Waals surface area (Å²) in [6, 6.07) is 4.68. The lowest BCUT2D eigenvalue weighted by atomic mass is 10.2. The zero-order valence-corrected chi connectivity index (χ0v) is 8.73. The van der Waals surface area contributed by atoms with Crippen LogP contribution in [0.5, 0.6) is 0 Å². The summed E-state index contributed by atoms with van der Waals surface area (Å²) >= 11 is 9.01. The van der Waals surface area contributed by atoms with Crippen LogP contribution in [0, 0.1) is 5.82 Å². The first kappa shape index (κ1) is 8.91. The number of benzene rings is 1. The van der Waals surface area contributed by atoms with E-state index in [2.05, 4.69) is 20.9 Å². The number of hydrogen-bond acceptors (Lipinski definition) is 1. The number of fused-ring (bicyclic) bond motifs is 1. The molecule has 0 fully saturated rings. The minimum absolute atomic E-state index is 0.332. The van der Waals surface area contributed by atoms with E-state index < -0.39 is 5.82 Å². The largest absolute Gasteiger partial charge is 0.253 e. The fraction of sp³-hybridized carbons (Fsp3) is 0. The lowest BCUT2D eigenvalue weighted by Gasteiger charge is -2.01. The van der Waals surface area contributed by atoms with Gasteiger partial charge in [0.25, 0.3) is 0 Å². The van der Waals surface area contributed by atoms with Crippen LogP contribution in [-0.2, 0) is 0 Å². The Kier molecular flexibility index (Phi) is 2.22. The molecule has 0 unspecified atom stereocenters. The lowest BCUT2D eigenvalue weighted by Crippen LogP contribution is -1.84. The van der Waals surface area contributed by atoms with E-state index in [9.17, 15) is 4.39 Å². The van der Waals surface area contributed by atoms with Gasteiger partial charge in [0, 0.05) is 21.1 Å². The maximum atomic E-state index is 13.3. The van der Waals surface area contributed by atoms with E-state index in [4.69, 9.17) is 11.6 Å². The van der Waals surface area contributed by atoms with Crippen LogP contribution in [0.2, 0.25) is 5.02 Å². The standard InChI is InChI=1S/C9H4BrClFN/c10-7-1-2-13-9-6(7)3-5(11)4-8(9)12/h1-4H. The van der Waals surface area contributed by atoms with Gasteiger partial charge in [-0.15, -0.1) is 0 Å². The van der Waals surface area contributed by atoms with E-state index in [1.807, 2.05) is 0 Å². The van der Waals surface area contributed by atoms with Crippen molar-refractivity contribution in [2.24, 2.45) is 0 Å². The highest BCUT2D eigenvalue weighted by molar-refractivity contribution is 9.10. The zero-order chi connectivity index (χ0) is 9.42. The van der Waals surface area contributed by atoms with Crippen molar-refractivity contribution < 1.29 is 4.39 Å². The fourth-order valence-corrected chi connectivity index (χ4v) is 1.77. The zero-order valence-electron chi connectivity index (χ0n) is 6.39. The Bertz CT molecular complexity index is 472. The molecular weight excluding hydrogens is 256 g/mol. The van der Waals surface area contributed by atoms with Crippen LogP contribution in [0.25, 0.3) is 10.9 Å². The molecule has 0 atom stereocenters. The van der Waals surface area contributed by atoms with Gasteiger partial charge < -0.3 is 0 Å². The summed E-state index contributed by atoms with van der Waals surface area (Å²) < 4.78 is 14.0. The smallest absolute Gasteiger partial charge is 0.150 e. The molecule has 0 saturated carbocycles. The summed E-state index contributed by atoms with van der Waals surface area (Å²) in [5.41, 5.74) is 0.332. The van der Waals surface area contributed by atoms with Gasteiger partial charge in [-0.2, -0.15) is 0 Å². The third-order valence-electron chi connectivity index (χ3n) is 1.71. The van der Waals surface area contributed by atoms with Crippen LogP contribution in [0.15, 0.2) is 28.9 Å². The third kappa shape index (κ3) is 1.54. The normalized spacial score (nSPS) is 10.7. The molecule has 0 spiro atoms. The van der Waals surface area contributed by atoms with Crippen LogP contribution in [-0.4, -0.2) is 4.98 Å². The summed E-state index contributed by atoms with van der Waals surface area (Å²) in [7, 11) is 0. The second kappa shape index (κ2) is 3.24. The number of rotatable bonds is 0. The van der Waals surface area contributed by atoms with Crippen molar-refractivity contribution in [1.29, 1.82) is 0 Å². The highest BCUT2D eigenvalue weighted by Gasteiger charge is 2.05. The Hall–Kier alpha value is -0.670.